The Labute approximate surface area is 170 Å². The summed E-state index contributed by atoms with van der Waals surface area (Å²) in [5.41, 5.74) is 0. The van der Waals surface area contributed by atoms with Crippen molar-refractivity contribution in [2.75, 3.05) is 45.9 Å². The third-order valence-electron chi connectivity index (χ3n) is 4.65. The molecule has 0 radical (unpaired) electrons. The number of nitrogens with zero attached hydrogens (tertiary/aromatic N) is 2. The lowest BCUT2D eigenvalue weighted by molar-refractivity contribution is -0.123. The van der Waals surface area contributed by atoms with Crippen molar-refractivity contribution in [3.63, 3.8) is 0 Å². The van der Waals surface area contributed by atoms with Gasteiger partial charge in [0, 0.05) is 39.3 Å². The van der Waals surface area contributed by atoms with Crippen molar-refractivity contribution in [3.8, 4) is 5.75 Å². The number of carbonyl (C=O) groups is 1. The Morgan fingerprint density at radius 2 is 1.66 bits per heavy atom. The van der Waals surface area contributed by atoms with Crippen molar-refractivity contribution in [2.45, 2.75) is 4.90 Å². The normalized spacial score (nSPS) is 15.8. The van der Waals surface area contributed by atoms with E-state index in [4.69, 9.17) is 4.74 Å². The first-order valence-corrected chi connectivity index (χ1v) is 10.8. The predicted molar refractivity (Wildman–Crippen MR) is 107 cm³/mol. The molecule has 1 aliphatic heterocycles. The van der Waals surface area contributed by atoms with Gasteiger partial charge >= 0.3 is 0 Å². The Morgan fingerprint density at radius 1 is 1.00 bits per heavy atom. The van der Waals surface area contributed by atoms with Gasteiger partial charge in [-0.1, -0.05) is 18.2 Å². The Morgan fingerprint density at radius 3 is 2.31 bits per heavy atom. The van der Waals surface area contributed by atoms with Gasteiger partial charge in [-0.25, -0.2) is 12.8 Å². The average Bonchev–Trinajstić information content (AvgIpc) is 2.74. The summed E-state index contributed by atoms with van der Waals surface area (Å²) < 4.78 is 45.0. The Balaban J connectivity index is 1.37. The van der Waals surface area contributed by atoms with Crippen LogP contribution in [-0.2, 0) is 14.8 Å². The third kappa shape index (κ3) is 5.99. The lowest BCUT2D eigenvalue weighted by atomic mass is 10.3. The molecule has 0 aromatic heterocycles. The summed E-state index contributed by atoms with van der Waals surface area (Å²) in [5.74, 6) is -0.0301. The van der Waals surface area contributed by atoms with E-state index in [1.807, 2.05) is 18.2 Å². The fourth-order valence-electron chi connectivity index (χ4n) is 3.02. The molecule has 1 aliphatic rings. The molecule has 1 fully saturated rings. The number of rotatable bonds is 8. The monoisotopic (exact) mass is 421 g/mol. The summed E-state index contributed by atoms with van der Waals surface area (Å²) >= 11 is 0. The maximum Gasteiger partial charge on any atom is 0.257 e. The third-order valence-corrected chi connectivity index (χ3v) is 6.56. The lowest BCUT2D eigenvalue weighted by Gasteiger charge is -2.33. The van der Waals surface area contributed by atoms with Gasteiger partial charge in [0.1, 0.15) is 11.6 Å². The number of carbonyl (C=O) groups excluding carboxylic acids is 1. The maximum atomic E-state index is 13.0. The smallest absolute Gasteiger partial charge is 0.257 e. The lowest BCUT2D eigenvalue weighted by Crippen LogP contribution is -2.50. The molecule has 1 saturated heterocycles. The van der Waals surface area contributed by atoms with E-state index in [1.54, 1.807) is 12.1 Å². The minimum absolute atomic E-state index is 0.0479. The van der Waals surface area contributed by atoms with Crippen LogP contribution in [0.4, 0.5) is 4.39 Å². The summed E-state index contributed by atoms with van der Waals surface area (Å²) in [6.45, 7) is 2.88. The van der Waals surface area contributed by atoms with E-state index in [0.29, 0.717) is 45.0 Å². The van der Waals surface area contributed by atoms with Crippen LogP contribution >= 0.6 is 0 Å². The molecule has 9 heteroatoms. The molecule has 7 nitrogen and oxygen atoms in total. The van der Waals surface area contributed by atoms with Crippen LogP contribution in [-0.4, -0.2) is 69.4 Å². The number of nitrogens with one attached hydrogen (secondary N) is 1. The summed E-state index contributed by atoms with van der Waals surface area (Å²) in [5, 5.41) is 2.80. The van der Waals surface area contributed by atoms with Crippen molar-refractivity contribution in [2.24, 2.45) is 0 Å². The molecule has 3 rings (SSSR count). The van der Waals surface area contributed by atoms with Crippen LogP contribution in [0.2, 0.25) is 0 Å². The van der Waals surface area contributed by atoms with Gasteiger partial charge in [-0.2, -0.15) is 4.31 Å². The minimum Gasteiger partial charge on any atom is -0.484 e. The standard InChI is InChI=1S/C20H24FN3O4S/c21-17-6-8-19(9-7-17)29(26,27)24-14-12-23(13-15-24)11-10-22-20(25)16-28-18-4-2-1-3-5-18/h1-9H,10-16H2,(H,22,25). The number of ether oxygens (including phenoxy) is 1. The van der Waals surface area contributed by atoms with Gasteiger partial charge in [-0.3, -0.25) is 9.69 Å². The van der Waals surface area contributed by atoms with Crippen LogP contribution in [0.15, 0.2) is 59.5 Å². The molecule has 0 atom stereocenters. The van der Waals surface area contributed by atoms with Crippen LogP contribution < -0.4 is 10.1 Å². The van der Waals surface area contributed by atoms with Crippen LogP contribution in [0.3, 0.4) is 0 Å². The molecule has 156 valence electrons. The number of halogens is 1. The second kappa shape index (κ2) is 9.82. The number of amides is 1. The van der Waals surface area contributed by atoms with Crippen LogP contribution in [0.25, 0.3) is 0 Å². The highest BCUT2D eigenvalue weighted by Gasteiger charge is 2.28. The van der Waals surface area contributed by atoms with Crippen molar-refractivity contribution in [1.82, 2.24) is 14.5 Å². The zero-order chi connectivity index (χ0) is 20.7. The molecule has 0 aliphatic carbocycles. The van der Waals surface area contributed by atoms with Gasteiger partial charge < -0.3 is 10.1 Å². The predicted octanol–water partition coefficient (Wildman–Crippen LogP) is 1.33. The Hall–Kier alpha value is -2.49. The zero-order valence-corrected chi connectivity index (χ0v) is 16.8. The van der Waals surface area contributed by atoms with E-state index in [9.17, 15) is 17.6 Å². The second-order valence-corrected chi connectivity index (χ2v) is 8.59. The highest BCUT2D eigenvalue weighted by atomic mass is 32.2. The summed E-state index contributed by atoms with van der Waals surface area (Å²) in [6.07, 6.45) is 0. The summed E-state index contributed by atoms with van der Waals surface area (Å²) in [6, 6.07) is 14.0. The number of hydrogen-bond donors (Lipinski definition) is 1. The molecule has 1 N–H and O–H groups in total. The van der Waals surface area contributed by atoms with E-state index in [1.165, 1.54) is 16.4 Å². The first-order chi connectivity index (χ1) is 13.9. The Kier molecular flexibility index (Phi) is 7.18. The number of sulfonamides is 1. The van der Waals surface area contributed by atoms with E-state index in [2.05, 4.69) is 10.2 Å². The van der Waals surface area contributed by atoms with E-state index in [-0.39, 0.29) is 17.4 Å². The first-order valence-electron chi connectivity index (χ1n) is 9.38. The minimum atomic E-state index is -3.62. The fraction of sp³-hybridized carbons (Fsp3) is 0.350. The molecule has 2 aromatic rings. The van der Waals surface area contributed by atoms with Crippen molar-refractivity contribution in [1.29, 1.82) is 0 Å². The topological polar surface area (TPSA) is 79.0 Å². The molecule has 1 heterocycles. The molecule has 0 unspecified atom stereocenters. The maximum absolute atomic E-state index is 13.0. The number of para-hydroxylation sites is 1. The quantitative estimate of drug-likeness (QED) is 0.696. The number of benzene rings is 2. The highest BCUT2D eigenvalue weighted by Crippen LogP contribution is 2.17. The molecule has 0 bridgehead atoms. The van der Waals surface area contributed by atoms with Crippen LogP contribution in [0.5, 0.6) is 5.75 Å². The van der Waals surface area contributed by atoms with Crippen molar-refractivity contribution >= 4 is 15.9 Å². The SMILES string of the molecule is O=C(COc1ccccc1)NCCN1CCN(S(=O)(=O)c2ccc(F)cc2)CC1. The molecule has 2 aromatic carbocycles. The molecular weight excluding hydrogens is 397 g/mol. The van der Waals surface area contributed by atoms with Crippen molar-refractivity contribution < 1.29 is 22.3 Å². The molecular formula is C20H24FN3O4S. The van der Waals surface area contributed by atoms with E-state index in [0.717, 1.165) is 12.1 Å². The number of hydrogen-bond acceptors (Lipinski definition) is 5. The average molecular weight is 421 g/mol. The Bertz CT molecular complexity index is 899. The molecule has 0 saturated carbocycles. The fourth-order valence-corrected chi connectivity index (χ4v) is 4.44. The molecule has 0 spiro atoms. The molecule has 1 amide bonds. The van der Waals surface area contributed by atoms with Gasteiger partial charge in [0.05, 0.1) is 4.90 Å². The van der Waals surface area contributed by atoms with Gasteiger partial charge in [-0.05, 0) is 36.4 Å². The second-order valence-electron chi connectivity index (χ2n) is 6.65. The van der Waals surface area contributed by atoms with Gasteiger partial charge in [0.15, 0.2) is 6.61 Å². The van der Waals surface area contributed by atoms with Crippen LogP contribution in [0.1, 0.15) is 0 Å². The van der Waals surface area contributed by atoms with Gasteiger partial charge in [0.2, 0.25) is 10.0 Å². The summed E-state index contributed by atoms with van der Waals surface area (Å²) in [7, 11) is -3.62. The zero-order valence-electron chi connectivity index (χ0n) is 16.0. The van der Waals surface area contributed by atoms with Crippen molar-refractivity contribution in [3.05, 3.63) is 60.4 Å². The molecule has 29 heavy (non-hydrogen) atoms. The number of piperazine rings is 1. The van der Waals surface area contributed by atoms with Gasteiger partial charge in [-0.15, -0.1) is 0 Å². The van der Waals surface area contributed by atoms with Crippen LogP contribution in [0, 0.1) is 5.82 Å². The van der Waals surface area contributed by atoms with E-state index >= 15 is 0 Å². The highest BCUT2D eigenvalue weighted by molar-refractivity contribution is 7.89. The largest absolute Gasteiger partial charge is 0.484 e. The summed E-state index contributed by atoms with van der Waals surface area (Å²) in [4.78, 5) is 14.0. The van der Waals surface area contributed by atoms with E-state index < -0.39 is 15.8 Å². The first kappa shape index (κ1) is 21.2. The van der Waals surface area contributed by atoms with Gasteiger partial charge in [0.25, 0.3) is 5.91 Å².